The summed E-state index contributed by atoms with van der Waals surface area (Å²) in [7, 11) is 2.52. The van der Waals surface area contributed by atoms with Gasteiger partial charge in [-0.25, -0.2) is 9.59 Å². The predicted octanol–water partition coefficient (Wildman–Crippen LogP) is 3.34. The Labute approximate surface area is 205 Å². The van der Waals surface area contributed by atoms with Gasteiger partial charge in [0.2, 0.25) is 0 Å². The Morgan fingerprint density at radius 3 is 2.44 bits per heavy atom. The number of carbonyl (C=O) groups is 2. The molecule has 1 aliphatic rings. The zero-order valence-electron chi connectivity index (χ0n) is 19.4. The topological polar surface area (TPSA) is 112 Å². The second-order valence-electron chi connectivity index (χ2n) is 7.61. The van der Waals surface area contributed by atoms with Crippen LogP contribution < -0.4 is 4.90 Å². The smallest absolute Gasteiger partial charge is 0.355 e. The summed E-state index contributed by atoms with van der Waals surface area (Å²) in [6.07, 6.45) is 9.93. The van der Waals surface area contributed by atoms with Crippen LogP contribution in [-0.4, -0.2) is 51.0 Å². The van der Waals surface area contributed by atoms with Crippen LogP contribution in [0, 0.1) is 0 Å². The molecule has 1 aliphatic heterocycles. The minimum atomic E-state index is -0.678. The number of esters is 2. The molecule has 178 valence electrons. The highest BCUT2D eigenvalue weighted by Crippen LogP contribution is 2.30. The number of fused-ring (bicyclic) bond motifs is 1. The Kier molecular flexibility index (Phi) is 6.06. The van der Waals surface area contributed by atoms with Gasteiger partial charge in [-0.05, 0) is 48.6 Å². The summed E-state index contributed by atoms with van der Waals surface area (Å²) in [6.45, 7) is 0. The van der Waals surface area contributed by atoms with Gasteiger partial charge in [-0.2, -0.15) is 9.61 Å². The minimum Gasteiger partial charge on any atom is -0.465 e. The molecule has 0 spiro atoms. The van der Waals surface area contributed by atoms with Crippen LogP contribution in [0.1, 0.15) is 0 Å². The van der Waals surface area contributed by atoms with Crippen molar-refractivity contribution in [2.45, 2.75) is 0 Å². The number of carbonyl (C=O) groups excluding carboxylic acids is 2. The maximum absolute atomic E-state index is 12.7. The molecule has 1 aromatic carbocycles. The highest BCUT2D eigenvalue weighted by Gasteiger charge is 2.27. The third-order valence-corrected chi connectivity index (χ3v) is 5.51. The SMILES string of the molecule is COC(=O)C1=C(C(=O)OC)N(c2cccc(-c3ccc4nnc(-c5ccncc5)n4n3)c2)C=CC=C1. The van der Waals surface area contributed by atoms with Crippen LogP contribution in [0.25, 0.3) is 28.3 Å². The molecule has 3 aromatic heterocycles. The number of anilines is 1. The molecule has 4 heterocycles. The van der Waals surface area contributed by atoms with E-state index in [-0.39, 0.29) is 11.3 Å². The third-order valence-electron chi connectivity index (χ3n) is 5.51. The van der Waals surface area contributed by atoms with Crippen molar-refractivity contribution in [2.75, 3.05) is 19.1 Å². The molecule has 0 aliphatic carbocycles. The van der Waals surface area contributed by atoms with Gasteiger partial charge in [0.25, 0.3) is 0 Å². The van der Waals surface area contributed by atoms with Gasteiger partial charge < -0.3 is 14.4 Å². The van der Waals surface area contributed by atoms with E-state index in [9.17, 15) is 9.59 Å². The number of pyridine rings is 1. The van der Waals surface area contributed by atoms with Gasteiger partial charge in [0.15, 0.2) is 11.5 Å². The van der Waals surface area contributed by atoms with Gasteiger partial charge >= 0.3 is 11.9 Å². The summed E-state index contributed by atoms with van der Waals surface area (Å²) < 4.78 is 11.5. The number of nitrogens with zero attached hydrogens (tertiary/aromatic N) is 6. The van der Waals surface area contributed by atoms with E-state index in [1.807, 2.05) is 48.5 Å². The number of benzene rings is 1. The van der Waals surface area contributed by atoms with Crippen molar-refractivity contribution < 1.29 is 19.1 Å². The fourth-order valence-electron chi connectivity index (χ4n) is 3.80. The fourth-order valence-corrected chi connectivity index (χ4v) is 3.80. The van der Waals surface area contributed by atoms with Gasteiger partial charge in [0.1, 0.15) is 5.70 Å². The zero-order chi connectivity index (χ0) is 25.1. The summed E-state index contributed by atoms with van der Waals surface area (Å²) in [5, 5.41) is 13.2. The van der Waals surface area contributed by atoms with Crippen molar-refractivity contribution in [1.29, 1.82) is 0 Å². The lowest BCUT2D eigenvalue weighted by Crippen LogP contribution is -2.26. The molecule has 0 unspecified atom stereocenters. The minimum absolute atomic E-state index is 0.0358. The van der Waals surface area contributed by atoms with E-state index in [1.54, 1.807) is 40.2 Å². The van der Waals surface area contributed by atoms with Gasteiger partial charge in [0, 0.05) is 35.4 Å². The van der Waals surface area contributed by atoms with Crippen molar-refractivity contribution >= 4 is 23.3 Å². The van der Waals surface area contributed by atoms with E-state index in [0.29, 0.717) is 22.9 Å². The van der Waals surface area contributed by atoms with E-state index in [4.69, 9.17) is 14.6 Å². The number of allylic oxidation sites excluding steroid dienone is 2. The lowest BCUT2D eigenvalue weighted by Gasteiger charge is -2.23. The Balaban J connectivity index is 1.60. The van der Waals surface area contributed by atoms with E-state index in [2.05, 4.69) is 15.2 Å². The molecule has 0 bridgehead atoms. The molecule has 4 aromatic rings. The van der Waals surface area contributed by atoms with Gasteiger partial charge in [-0.15, -0.1) is 10.2 Å². The molecule has 0 radical (unpaired) electrons. The number of hydrogen-bond donors (Lipinski definition) is 0. The van der Waals surface area contributed by atoms with Crippen molar-refractivity contribution in [1.82, 2.24) is 24.8 Å². The Morgan fingerprint density at radius 2 is 1.67 bits per heavy atom. The first kappa shape index (κ1) is 22.7. The number of aromatic nitrogens is 5. The Bertz CT molecular complexity index is 1560. The molecular weight excluding hydrogens is 460 g/mol. The standard InChI is InChI=1S/C26H20N6O4/c1-35-25(33)20-8-3-4-15-31(23(20)26(34)36-2)19-7-5-6-18(16-19)21-9-10-22-28-29-24(32(22)30-21)17-11-13-27-14-12-17/h3-16H,1-2H3. The summed E-state index contributed by atoms with van der Waals surface area (Å²) in [5.41, 5.74) is 3.60. The molecule has 0 fully saturated rings. The molecular formula is C26H20N6O4. The highest BCUT2D eigenvalue weighted by molar-refractivity contribution is 6.05. The average molecular weight is 480 g/mol. The molecule has 0 amide bonds. The second-order valence-corrected chi connectivity index (χ2v) is 7.61. The Hall–Kier alpha value is -5.12. The van der Waals surface area contributed by atoms with E-state index >= 15 is 0 Å². The molecule has 0 saturated heterocycles. The van der Waals surface area contributed by atoms with Crippen molar-refractivity contribution in [3.8, 4) is 22.6 Å². The lowest BCUT2D eigenvalue weighted by molar-refractivity contribution is -0.139. The quantitative estimate of drug-likeness (QED) is 0.397. The molecule has 0 N–H and O–H groups in total. The first-order chi connectivity index (χ1) is 17.6. The molecule has 0 atom stereocenters. The van der Waals surface area contributed by atoms with Crippen LogP contribution in [0.15, 0.2) is 96.6 Å². The summed E-state index contributed by atoms with van der Waals surface area (Å²) in [5.74, 6) is -0.742. The monoisotopic (exact) mass is 480 g/mol. The lowest BCUT2D eigenvalue weighted by atomic mass is 10.1. The third kappa shape index (κ3) is 4.11. The highest BCUT2D eigenvalue weighted by atomic mass is 16.5. The van der Waals surface area contributed by atoms with E-state index < -0.39 is 11.9 Å². The number of methoxy groups -OCH3 is 2. The van der Waals surface area contributed by atoms with Crippen LogP contribution in [0.3, 0.4) is 0 Å². The van der Waals surface area contributed by atoms with E-state index in [0.717, 1.165) is 11.1 Å². The van der Waals surface area contributed by atoms with Gasteiger partial charge in [-0.1, -0.05) is 18.2 Å². The van der Waals surface area contributed by atoms with Crippen molar-refractivity contribution in [3.63, 3.8) is 0 Å². The first-order valence-corrected chi connectivity index (χ1v) is 10.9. The molecule has 10 nitrogen and oxygen atoms in total. The average Bonchev–Trinajstić information content (AvgIpc) is 3.23. The number of hydrogen-bond acceptors (Lipinski definition) is 9. The summed E-state index contributed by atoms with van der Waals surface area (Å²) in [6, 6.07) is 14.8. The van der Waals surface area contributed by atoms with Crippen LogP contribution in [0.4, 0.5) is 5.69 Å². The first-order valence-electron chi connectivity index (χ1n) is 10.9. The van der Waals surface area contributed by atoms with Gasteiger partial charge in [-0.3, -0.25) is 4.98 Å². The summed E-state index contributed by atoms with van der Waals surface area (Å²) in [4.78, 5) is 30.8. The summed E-state index contributed by atoms with van der Waals surface area (Å²) >= 11 is 0. The Morgan fingerprint density at radius 1 is 0.861 bits per heavy atom. The van der Waals surface area contributed by atoms with Crippen molar-refractivity contribution in [3.05, 3.63) is 96.6 Å². The van der Waals surface area contributed by atoms with Crippen molar-refractivity contribution in [2.24, 2.45) is 0 Å². The zero-order valence-corrected chi connectivity index (χ0v) is 19.4. The maximum atomic E-state index is 12.7. The molecule has 0 saturated carbocycles. The van der Waals surface area contributed by atoms with E-state index in [1.165, 1.54) is 20.3 Å². The number of ether oxygens (including phenoxy) is 2. The molecule has 36 heavy (non-hydrogen) atoms. The van der Waals surface area contributed by atoms with Gasteiger partial charge in [0.05, 0.1) is 25.5 Å². The maximum Gasteiger partial charge on any atom is 0.355 e. The largest absolute Gasteiger partial charge is 0.465 e. The normalized spacial score (nSPS) is 13.1. The van der Waals surface area contributed by atoms with Crippen LogP contribution >= 0.6 is 0 Å². The van der Waals surface area contributed by atoms with Crippen LogP contribution in [0.5, 0.6) is 0 Å². The predicted molar refractivity (Wildman–Crippen MR) is 131 cm³/mol. The molecule has 10 heteroatoms. The van der Waals surface area contributed by atoms with Crippen LogP contribution in [-0.2, 0) is 19.1 Å². The fraction of sp³-hybridized carbons (Fsp3) is 0.0769. The second kappa shape index (κ2) is 9.63. The van der Waals surface area contributed by atoms with Crippen LogP contribution in [0.2, 0.25) is 0 Å². The molecule has 5 rings (SSSR count). The number of rotatable bonds is 5.